The Morgan fingerprint density at radius 2 is 2.07 bits per heavy atom. The predicted octanol–water partition coefficient (Wildman–Crippen LogP) is 2.38. The molecule has 3 atom stereocenters. The van der Waals surface area contributed by atoms with Crippen molar-refractivity contribution >= 4 is 11.1 Å². The van der Waals surface area contributed by atoms with E-state index < -0.39 is 27.9 Å². The highest BCUT2D eigenvalue weighted by Crippen LogP contribution is 2.43. The normalized spacial score (nSPS) is 36.8. The Balaban J connectivity index is 2.74. The van der Waals surface area contributed by atoms with Gasteiger partial charge < -0.3 is 4.55 Å². The van der Waals surface area contributed by atoms with Crippen LogP contribution in [0.1, 0.15) is 32.6 Å². The average molecular weight is 229 g/mol. The minimum Gasteiger partial charge on any atom is -0.772 e. The van der Waals surface area contributed by atoms with Gasteiger partial charge >= 0.3 is 6.18 Å². The zero-order valence-electron chi connectivity index (χ0n) is 7.76. The molecule has 0 saturated heterocycles. The first-order valence-electron chi connectivity index (χ1n) is 4.42. The maximum atomic E-state index is 12.3. The van der Waals surface area contributed by atoms with E-state index in [1.165, 1.54) is 6.92 Å². The lowest BCUT2D eigenvalue weighted by Gasteiger charge is -2.40. The quantitative estimate of drug-likeness (QED) is 0.647. The first-order valence-corrected chi connectivity index (χ1v) is 5.49. The van der Waals surface area contributed by atoms with Gasteiger partial charge in [-0.1, -0.05) is 6.42 Å². The topological polar surface area (TPSA) is 40.1 Å². The largest absolute Gasteiger partial charge is 0.772 e. The third-order valence-electron chi connectivity index (χ3n) is 2.80. The number of halogens is 3. The van der Waals surface area contributed by atoms with Crippen LogP contribution in [-0.2, 0) is 11.1 Å². The molecule has 14 heavy (non-hydrogen) atoms. The van der Waals surface area contributed by atoms with Crippen molar-refractivity contribution < 1.29 is 21.9 Å². The standard InChI is InChI=1S/C8H13F3O2S/c1-7(14(12)13)4-2-3-6(5-7)8(9,10)11/h6H,2-5H2,1H3,(H,12,13)/p-1/t6?,7-/m0/s1. The smallest absolute Gasteiger partial charge is 0.391 e. The third-order valence-corrected chi connectivity index (χ3v) is 3.98. The summed E-state index contributed by atoms with van der Waals surface area (Å²) in [5.74, 6) is -1.46. The summed E-state index contributed by atoms with van der Waals surface area (Å²) in [4.78, 5) is 0. The van der Waals surface area contributed by atoms with Crippen molar-refractivity contribution in [2.75, 3.05) is 0 Å². The van der Waals surface area contributed by atoms with Crippen molar-refractivity contribution in [3.8, 4) is 0 Å². The maximum Gasteiger partial charge on any atom is 0.391 e. The highest BCUT2D eigenvalue weighted by molar-refractivity contribution is 7.80. The van der Waals surface area contributed by atoms with Gasteiger partial charge in [-0.25, -0.2) is 0 Å². The molecule has 6 heteroatoms. The second-order valence-corrected chi connectivity index (χ2v) is 5.47. The first kappa shape index (κ1) is 12.0. The van der Waals surface area contributed by atoms with Crippen LogP contribution >= 0.6 is 0 Å². The molecule has 0 N–H and O–H groups in total. The molecule has 0 radical (unpaired) electrons. The Bertz CT molecular complexity index is 241. The second-order valence-electron chi connectivity index (χ2n) is 4.02. The minimum absolute atomic E-state index is 0.0519. The average Bonchev–Trinajstić information content (AvgIpc) is 2.02. The summed E-state index contributed by atoms with van der Waals surface area (Å²) < 4.78 is 57.4. The van der Waals surface area contributed by atoms with Crippen molar-refractivity contribution in [3.05, 3.63) is 0 Å². The van der Waals surface area contributed by atoms with Gasteiger partial charge in [0.15, 0.2) is 0 Å². The van der Waals surface area contributed by atoms with Crippen molar-refractivity contribution in [1.29, 1.82) is 0 Å². The van der Waals surface area contributed by atoms with Crippen molar-refractivity contribution in [1.82, 2.24) is 0 Å². The predicted molar refractivity (Wildman–Crippen MR) is 45.3 cm³/mol. The lowest BCUT2D eigenvalue weighted by Crippen LogP contribution is -2.41. The molecule has 1 fully saturated rings. The summed E-state index contributed by atoms with van der Waals surface area (Å²) in [7, 11) is 0. The van der Waals surface area contributed by atoms with Crippen LogP contribution < -0.4 is 0 Å². The van der Waals surface area contributed by atoms with Gasteiger partial charge in [-0.05, 0) is 37.3 Å². The van der Waals surface area contributed by atoms with E-state index >= 15 is 0 Å². The first-order chi connectivity index (χ1) is 6.26. The summed E-state index contributed by atoms with van der Waals surface area (Å²) in [5.41, 5.74) is 0. The summed E-state index contributed by atoms with van der Waals surface area (Å²) in [5, 5.41) is 0. The Labute approximate surface area is 83.2 Å². The van der Waals surface area contributed by atoms with Gasteiger partial charge in [0.05, 0.1) is 5.92 Å². The number of rotatable bonds is 1. The van der Waals surface area contributed by atoms with E-state index in [-0.39, 0.29) is 12.8 Å². The second kappa shape index (κ2) is 3.81. The van der Waals surface area contributed by atoms with E-state index in [1.807, 2.05) is 0 Å². The molecule has 0 aliphatic heterocycles. The van der Waals surface area contributed by atoms with Gasteiger partial charge in [-0.2, -0.15) is 13.2 Å². The zero-order valence-corrected chi connectivity index (χ0v) is 8.58. The van der Waals surface area contributed by atoms with Crippen LogP contribution in [0.2, 0.25) is 0 Å². The molecule has 0 amide bonds. The molecule has 0 aromatic rings. The molecule has 0 aromatic carbocycles. The van der Waals surface area contributed by atoms with Crippen molar-refractivity contribution in [2.24, 2.45) is 5.92 Å². The summed E-state index contributed by atoms with van der Waals surface area (Å²) in [6, 6.07) is 0. The third kappa shape index (κ3) is 2.48. The fourth-order valence-electron chi connectivity index (χ4n) is 1.88. The Hall–Kier alpha value is -0.100. The van der Waals surface area contributed by atoms with Crippen LogP contribution in [0, 0.1) is 5.92 Å². The lowest BCUT2D eigenvalue weighted by atomic mass is 9.81. The van der Waals surface area contributed by atoms with Crippen molar-refractivity contribution in [2.45, 2.75) is 43.5 Å². The molecular weight excluding hydrogens is 217 g/mol. The Morgan fingerprint density at radius 3 is 2.50 bits per heavy atom. The van der Waals surface area contributed by atoms with Gasteiger partial charge in [-0.3, -0.25) is 4.21 Å². The molecule has 1 aliphatic rings. The minimum atomic E-state index is -4.26. The number of hydrogen-bond acceptors (Lipinski definition) is 2. The summed E-state index contributed by atoms with van der Waals surface area (Å²) in [6.07, 6.45) is -3.85. The van der Waals surface area contributed by atoms with Crippen molar-refractivity contribution in [3.63, 3.8) is 0 Å². The molecule has 2 unspecified atom stereocenters. The molecule has 1 aliphatic carbocycles. The molecule has 2 nitrogen and oxygen atoms in total. The van der Waals surface area contributed by atoms with Crippen LogP contribution in [0.15, 0.2) is 0 Å². The van der Waals surface area contributed by atoms with E-state index in [0.29, 0.717) is 12.8 Å². The molecule has 1 rings (SSSR count). The molecule has 0 aromatic heterocycles. The molecule has 84 valence electrons. The zero-order chi connectivity index (χ0) is 11.0. The van der Waals surface area contributed by atoms with Crippen LogP contribution in [-0.4, -0.2) is 19.7 Å². The van der Waals surface area contributed by atoms with Gasteiger partial charge in [0.25, 0.3) is 0 Å². The van der Waals surface area contributed by atoms with Crippen LogP contribution in [0.5, 0.6) is 0 Å². The number of hydrogen-bond donors (Lipinski definition) is 0. The van der Waals surface area contributed by atoms with Gasteiger partial charge in [0.2, 0.25) is 0 Å². The van der Waals surface area contributed by atoms with Gasteiger partial charge in [0, 0.05) is 4.75 Å². The molecule has 0 spiro atoms. The van der Waals surface area contributed by atoms with Crippen LogP contribution in [0.4, 0.5) is 13.2 Å². The van der Waals surface area contributed by atoms with Gasteiger partial charge in [0.1, 0.15) is 0 Å². The maximum absolute atomic E-state index is 12.3. The lowest BCUT2D eigenvalue weighted by molar-refractivity contribution is -0.183. The number of alkyl halides is 3. The fourth-order valence-corrected chi connectivity index (χ4v) is 2.53. The summed E-state index contributed by atoms with van der Waals surface area (Å²) >= 11 is -2.42. The molecule has 1 saturated carbocycles. The Kier molecular flexibility index (Phi) is 3.26. The molecule has 0 heterocycles. The molecule has 0 bridgehead atoms. The van der Waals surface area contributed by atoms with Gasteiger partial charge in [-0.15, -0.1) is 0 Å². The SMILES string of the molecule is C[C@]1(S(=O)[O-])CCCC(C(F)(F)F)C1. The Morgan fingerprint density at radius 1 is 1.50 bits per heavy atom. The van der Waals surface area contributed by atoms with E-state index in [2.05, 4.69) is 0 Å². The van der Waals surface area contributed by atoms with E-state index in [4.69, 9.17) is 0 Å². The fraction of sp³-hybridized carbons (Fsp3) is 1.00. The van der Waals surface area contributed by atoms with E-state index in [9.17, 15) is 21.9 Å². The molecular formula is C8H12F3O2S-. The highest BCUT2D eigenvalue weighted by atomic mass is 32.2. The summed E-state index contributed by atoms with van der Waals surface area (Å²) in [6.45, 7) is 1.38. The van der Waals surface area contributed by atoms with E-state index in [0.717, 1.165) is 0 Å². The van der Waals surface area contributed by atoms with Crippen LogP contribution in [0.25, 0.3) is 0 Å². The van der Waals surface area contributed by atoms with Crippen LogP contribution in [0.3, 0.4) is 0 Å². The highest BCUT2D eigenvalue weighted by Gasteiger charge is 2.46. The van der Waals surface area contributed by atoms with E-state index in [1.54, 1.807) is 0 Å². The monoisotopic (exact) mass is 229 g/mol.